The smallest absolute Gasteiger partial charge is 0.406 e. The Balaban J connectivity index is 1.15. The summed E-state index contributed by atoms with van der Waals surface area (Å²) in [6.07, 6.45) is -3.04. The third-order valence-corrected chi connectivity index (χ3v) is 15.7. The van der Waals surface area contributed by atoms with Crippen LogP contribution in [0.4, 0.5) is 13.2 Å². The molecule has 2 N–H and O–H groups in total. The molecule has 1 aliphatic carbocycles. The number of pyridine rings is 1. The number of rotatable bonds is 8. The van der Waals surface area contributed by atoms with Crippen LogP contribution < -0.4 is 10.7 Å². The van der Waals surface area contributed by atoms with E-state index >= 15 is 18.0 Å². The Morgan fingerprint density at radius 2 is 1.83 bits per heavy atom. The number of nitrogens with one attached hydrogen (secondary N) is 2. The molecule has 20 heteroatoms. The second-order valence-electron chi connectivity index (χ2n) is 20.5. The zero-order valence-electron chi connectivity index (χ0n) is 40.7. The van der Waals surface area contributed by atoms with Crippen LogP contribution in [0.2, 0.25) is 0 Å². The number of halogens is 3. The van der Waals surface area contributed by atoms with Crippen molar-refractivity contribution in [2.24, 2.45) is 17.3 Å². The predicted octanol–water partition coefficient (Wildman–Crippen LogP) is 5.29. The standard InChI is InChI=1S/C51H61F3N8O8S/c1-29-25-69-45(29)46(63)57-42-44(60-13-17-68-18-14-60)47-56-38(26-71-47)32-8-9-39-35(22-32)37(23-50(3,4)28-70-49(65)41-33-20-34(21-33)62(58-41)48(42)64)43(61(39)27-51(52,53)54)36-19-31(24-55-40(36)30(2)66-5)7-6-10-59-11-15-67-16-12-59/h8-9,19,22,24,26,29-30,33-34,41-42,44-45,58H,10-18,20-21,23,25,27-28H2,1-5H3,(H,57,63)/t29-,30-,33?,34?,41-,42-,44?,45-/m0/s1. The van der Waals surface area contributed by atoms with E-state index < -0.39 is 66.3 Å². The van der Waals surface area contributed by atoms with Crippen LogP contribution in [0.5, 0.6) is 0 Å². The Morgan fingerprint density at radius 1 is 1.08 bits per heavy atom. The number of aromatic nitrogens is 3. The summed E-state index contributed by atoms with van der Waals surface area (Å²) in [7, 11) is 1.53. The van der Waals surface area contributed by atoms with E-state index in [9.17, 15) is 9.59 Å². The molecule has 2 amide bonds. The van der Waals surface area contributed by atoms with Crippen molar-refractivity contribution in [2.75, 3.05) is 79.5 Å². The molecule has 16 nitrogen and oxygen atoms in total. The predicted molar refractivity (Wildman–Crippen MR) is 257 cm³/mol. The monoisotopic (exact) mass is 1000 g/mol. The number of methoxy groups -OCH3 is 1. The topological polar surface area (TPSA) is 162 Å². The molecule has 5 saturated heterocycles. The summed E-state index contributed by atoms with van der Waals surface area (Å²) in [6, 6.07) is 4.16. The van der Waals surface area contributed by atoms with Gasteiger partial charge in [0.1, 0.15) is 29.7 Å². The molecule has 9 heterocycles. The Bertz CT molecular complexity index is 2720. The van der Waals surface area contributed by atoms with Gasteiger partial charge in [-0.15, -0.1) is 11.3 Å². The number of cyclic esters (lactones) is 1. The molecule has 6 aliphatic heterocycles. The van der Waals surface area contributed by atoms with E-state index in [1.54, 1.807) is 24.4 Å². The number of carbonyl (C=O) groups is 3. The van der Waals surface area contributed by atoms with Crippen molar-refractivity contribution in [3.63, 3.8) is 0 Å². The van der Waals surface area contributed by atoms with Gasteiger partial charge in [-0.05, 0) is 55.9 Å². The molecule has 380 valence electrons. The summed E-state index contributed by atoms with van der Waals surface area (Å²) >= 11 is 1.34. The molecule has 7 aliphatic rings. The number of alkyl halides is 3. The SMILES string of the molecule is CO[C@@H](C)c1ncc(C#CCN2CCOCC2)cc1-c1c2c3cc(ccc3n1CC(F)(F)F)-c1csc(n1)C(N1CCOCC1)[C@H](NC(=O)[C@H]1OC[C@@H]1C)C(=O)N1N[C@H](C(=O)OCC(C)(C)C2)C2CC1C2. The normalized spacial score (nSPS) is 27.7. The van der Waals surface area contributed by atoms with Crippen LogP contribution in [0.3, 0.4) is 0 Å². The zero-order valence-corrected chi connectivity index (χ0v) is 41.5. The van der Waals surface area contributed by atoms with E-state index in [1.807, 2.05) is 39.1 Å². The van der Waals surface area contributed by atoms with Crippen molar-refractivity contribution in [1.29, 1.82) is 0 Å². The van der Waals surface area contributed by atoms with Crippen LogP contribution in [0.1, 0.15) is 74.5 Å². The van der Waals surface area contributed by atoms with Crippen molar-refractivity contribution >= 4 is 40.0 Å². The summed E-state index contributed by atoms with van der Waals surface area (Å²) < 4.78 is 75.5. The molecule has 1 aromatic carbocycles. The zero-order chi connectivity index (χ0) is 49.8. The molecule has 4 aromatic rings. The minimum absolute atomic E-state index is 0.0535. The van der Waals surface area contributed by atoms with Gasteiger partial charge in [0.2, 0.25) is 5.91 Å². The molecule has 3 aromatic heterocycles. The van der Waals surface area contributed by atoms with Gasteiger partial charge in [0.15, 0.2) is 0 Å². The number of hydrogen-bond donors (Lipinski definition) is 2. The molecule has 0 radical (unpaired) electrons. The van der Waals surface area contributed by atoms with Crippen molar-refractivity contribution in [1.82, 2.24) is 40.1 Å². The highest BCUT2D eigenvalue weighted by atomic mass is 32.1. The summed E-state index contributed by atoms with van der Waals surface area (Å²) in [5.74, 6) is 4.95. The second-order valence-corrected chi connectivity index (χ2v) is 21.4. The van der Waals surface area contributed by atoms with Crippen LogP contribution in [-0.2, 0) is 51.0 Å². The maximum atomic E-state index is 15.2. The maximum absolute atomic E-state index is 15.2. The number of esters is 1. The minimum Gasteiger partial charge on any atom is -0.464 e. The van der Waals surface area contributed by atoms with Gasteiger partial charge in [-0.3, -0.25) is 34.2 Å². The van der Waals surface area contributed by atoms with Crippen LogP contribution >= 0.6 is 11.3 Å². The van der Waals surface area contributed by atoms with Crippen LogP contribution in [-0.4, -0.2) is 157 Å². The minimum atomic E-state index is -4.63. The highest BCUT2D eigenvalue weighted by Crippen LogP contribution is 2.45. The first-order chi connectivity index (χ1) is 34.1. The second kappa shape index (κ2) is 20.1. The number of morpholine rings is 2. The van der Waals surface area contributed by atoms with E-state index in [0.717, 1.165) is 13.1 Å². The van der Waals surface area contributed by atoms with Gasteiger partial charge in [-0.25, -0.2) is 10.4 Å². The summed E-state index contributed by atoms with van der Waals surface area (Å²) in [5, 5.41) is 7.60. The average molecular weight is 1000 g/mol. The molecule has 1 saturated carbocycles. The van der Waals surface area contributed by atoms with Crippen LogP contribution in [0, 0.1) is 29.1 Å². The van der Waals surface area contributed by atoms with Crippen molar-refractivity contribution in [3.8, 4) is 34.4 Å². The first-order valence-corrected chi connectivity index (χ1v) is 25.4. The molecule has 6 atom stereocenters. The van der Waals surface area contributed by atoms with Gasteiger partial charge in [-0.2, -0.15) is 13.2 Å². The summed E-state index contributed by atoms with van der Waals surface area (Å²) in [6.45, 7) is 11.5. The molecule has 0 spiro atoms. The molecule has 8 bridgehead atoms. The van der Waals surface area contributed by atoms with Gasteiger partial charge >= 0.3 is 12.1 Å². The highest BCUT2D eigenvalue weighted by molar-refractivity contribution is 7.10. The van der Waals surface area contributed by atoms with E-state index in [1.165, 1.54) is 28.0 Å². The lowest BCUT2D eigenvalue weighted by Crippen LogP contribution is -2.72. The summed E-state index contributed by atoms with van der Waals surface area (Å²) in [5.41, 5.74) is 6.26. The first-order valence-electron chi connectivity index (χ1n) is 24.5. The van der Waals surface area contributed by atoms with Gasteiger partial charge in [0, 0.05) is 89.8 Å². The lowest BCUT2D eigenvalue weighted by Gasteiger charge is -2.53. The Kier molecular flexibility index (Phi) is 14.1. The highest BCUT2D eigenvalue weighted by Gasteiger charge is 2.53. The van der Waals surface area contributed by atoms with Crippen molar-refractivity contribution in [3.05, 3.63) is 57.7 Å². The number of thiazole rings is 1. The molecule has 11 rings (SSSR count). The molecular formula is C51H61F3N8O8S. The number of carbonyl (C=O) groups excluding carboxylic acids is 3. The van der Waals surface area contributed by atoms with Crippen molar-refractivity contribution < 1.29 is 51.2 Å². The van der Waals surface area contributed by atoms with Crippen LogP contribution in [0.15, 0.2) is 35.8 Å². The maximum Gasteiger partial charge on any atom is 0.406 e. The number of ether oxygens (including phenoxy) is 5. The van der Waals surface area contributed by atoms with Crippen molar-refractivity contribution in [2.45, 2.75) is 96.1 Å². The number of hydrogen-bond acceptors (Lipinski definition) is 14. The molecule has 6 fully saturated rings. The molecular weight excluding hydrogens is 942 g/mol. The van der Waals surface area contributed by atoms with Gasteiger partial charge in [0.25, 0.3) is 5.91 Å². The Labute approximate surface area is 414 Å². The Hall–Kier alpha value is -4.98. The molecule has 1 unspecified atom stereocenters. The quantitative estimate of drug-likeness (QED) is 0.173. The summed E-state index contributed by atoms with van der Waals surface area (Å²) in [4.78, 5) is 57.9. The Morgan fingerprint density at radius 3 is 2.52 bits per heavy atom. The lowest BCUT2D eigenvalue weighted by atomic mass is 9.73. The van der Waals surface area contributed by atoms with E-state index in [4.69, 9.17) is 33.7 Å². The van der Waals surface area contributed by atoms with Gasteiger partial charge in [-0.1, -0.05) is 38.7 Å². The van der Waals surface area contributed by atoms with E-state index in [2.05, 4.69) is 32.4 Å². The number of fused-ring (bicyclic) bond motifs is 4. The van der Waals surface area contributed by atoms with Crippen LogP contribution in [0.25, 0.3) is 33.4 Å². The van der Waals surface area contributed by atoms with Gasteiger partial charge in [0.05, 0.1) is 75.4 Å². The largest absolute Gasteiger partial charge is 0.464 e. The van der Waals surface area contributed by atoms with E-state index in [0.29, 0.717) is 121 Å². The van der Waals surface area contributed by atoms with E-state index in [-0.39, 0.29) is 30.9 Å². The number of nitrogens with zero attached hydrogens (tertiary/aromatic N) is 6. The average Bonchev–Trinajstić information content (AvgIpc) is 3.93. The molecule has 71 heavy (non-hydrogen) atoms. The van der Waals surface area contributed by atoms with Gasteiger partial charge < -0.3 is 33.6 Å². The number of amides is 2. The number of hydrazine groups is 1. The lowest BCUT2D eigenvalue weighted by molar-refractivity contribution is -0.174. The first kappa shape index (κ1) is 49.6. The third-order valence-electron chi connectivity index (χ3n) is 14.8. The third kappa shape index (κ3) is 10.2. The fourth-order valence-corrected chi connectivity index (χ4v) is 11.7. The fraction of sp³-hybridized carbons (Fsp3) is 0.588. The number of benzene rings is 1. The fourth-order valence-electron chi connectivity index (χ4n) is 10.7.